The maximum atomic E-state index is 4.34. The molecule has 0 aliphatic heterocycles. The zero-order valence-electron chi connectivity index (χ0n) is 12.7. The molecule has 0 N–H and O–H groups in total. The molecule has 0 fully saturated rings. The quantitative estimate of drug-likeness (QED) is 0.639. The fourth-order valence-electron chi connectivity index (χ4n) is 1.82. The van der Waals surface area contributed by atoms with Gasteiger partial charge in [0, 0.05) is 12.8 Å². The van der Waals surface area contributed by atoms with Crippen LogP contribution in [0.4, 0.5) is 0 Å². The Bertz CT molecular complexity index is 400. The predicted molar refractivity (Wildman–Crippen MR) is 84.4 cm³/mol. The van der Waals surface area contributed by atoms with Gasteiger partial charge in [0.2, 0.25) is 0 Å². The number of rotatable bonds is 4. The minimum Gasteiger partial charge on any atom is -0.293 e. The summed E-state index contributed by atoms with van der Waals surface area (Å²) in [7, 11) is 0. The van der Waals surface area contributed by atoms with Crippen molar-refractivity contribution in [1.29, 1.82) is 0 Å². The third-order valence-corrected chi connectivity index (χ3v) is 2.84. The van der Waals surface area contributed by atoms with Crippen LogP contribution in [0.3, 0.4) is 0 Å². The Balaban J connectivity index is 0.00000137. The van der Waals surface area contributed by atoms with E-state index in [-0.39, 0.29) is 0 Å². The van der Waals surface area contributed by atoms with Gasteiger partial charge in [0.15, 0.2) is 0 Å². The molecule has 1 heteroatoms. The second-order valence-electron chi connectivity index (χ2n) is 3.95. The topological polar surface area (TPSA) is 12.4 Å². The molecule has 0 bridgehead atoms. The molecule has 0 spiro atoms. The summed E-state index contributed by atoms with van der Waals surface area (Å²) in [5.41, 5.74) is 5.34. The summed E-state index contributed by atoms with van der Waals surface area (Å²) in [6.45, 7) is 13.4. The molecule has 1 aromatic carbocycles. The van der Waals surface area contributed by atoms with Gasteiger partial charge in [-0.2, -0.15) is 0 Å². The van der Waals surface area contributed by atoms with Gasteiger partial charge in [-0.3, -0.25) is 4.99 Å². The van der Waals surface area contributed by atoms with Crippen LogP contribution in [0.15, 0.2) is 34.8 Å². The third-order valence-electron chi connectivity index (χ3n) is 2.84. The van der Waals surface area contributed by atoms with Crippen LogP contribution >= 0.6 is 0 Å². The van der Waals surface area contributed by atoms with Crippen LogP contribution in [0, 0.1) is 6.92 Å². The van der Waals surface area contributed by atoms with Crippen molar-refractivity contribution >= 4 is 11.8 Å². The minimum absolute atomic E-state index is 0.852. The highest BCUT2D eigenvalue weighted by Crippen LogP contribution is 2.22. The van der Waals surface area contributed by atoms with Crippen molar-refractivity contribution in [2.75, 3.05) is 6.54 Å². The van der Waals surface area contributed by atoms with Gasteiger partial charge in [-0.15, -0.1) is 0 Å². The van der Waals surface area contributed by atoms with Crippen LogP contribution < -0.4 is 0 Å². The van der Waals surface area contributed by atoms with Gasteiger partial charge >= 0.3 is 0 Å². The van der Waals surface area contributed by atoms with E-state index in [1.807, 2.05) is 20.1 Å². The van der Waals surface area contributed by atoms with E-state index in [0.29, 0.717) is 0 Å². The number of aryl methyl sites for hydroxylation is 1. The molecule has 0 saturated carbocycles. The summed E-state index contributed by atoms with van der Waals surface area (Å²) in [6, 6.07) is 8.51. The molecule has 0 aromatic heterocycles. The van der Waals surface area contributed by atoms with Crippen LogP contribution in [0.25, 0.3) is 5.57 Å². The molecule has 0 aliphatic rings. The molecule has 100 valence electrons. The molecule has 0 saturated heterocycles. The molecule has 0 radical (unpaired) electrons. The Kier molecular flexibility index (Phi) is 8.91. The summed E-state index contributed by atoms with van der Waals surface area (Å²) in [6.07, 6.45) is 3.05. The fraction of sp³-hybridized carbons (Fsp3) is 0.471. The van der Waals surface area contributed by atoms with Crippen LogP contribution in [0.2, 0.25) is 0 Å². The van der Waals surface area contributed by atoms with Gasteiger partial charge in [-0.25, -0.2) is 0 Å². The summed E-state index contributed by atoms with van der Waals surface area (Å²) >= 11 is 0. The zero-order chi connectivity index (χ0) is 14.0. The lowest BCUT2D eigenvalue weighted by Gasteiger charge is -2.09. The fourth-order valence-corrected chi connectivity index (χ4v) is 1.82. The molecule has 0 amide bonds. The van der Waals surface area contributed by atoms with E-state index in [0.717, 1.165) is 13.0 Å². The van der Waals surface area contributed by atoms with Crippen LogP contribution in [-0.2, 0) is 0 Å². The highest BCUT2D eigenvalue weighted by Gasteiger charge is 2.03. The van der Waals surface area contributed by atoms with Crippen molar-refractivity contribution in [1.82, 2.24) is 0 Å². The Morgan fingerprint density at radius 2 is 1.78 bits per heavy atom. The average molecular weight is 245 g/mol. The Labute approximate surface area is 113 Å². The van der Waals surface area contributed by atoms with Gasteiger partial charge in [-0.05, 0) is 49.5 Å². The molecule has 1 nitrogen and oxygen atoms in total. The Morgan fingerprint density at radius 1 is 1.17 bits per heavy atom. The number of hydrogen-bond acceptors (Lipinski definition) is 1. The van der Waals surface area contributed by atoms with Gasteiger partial charge in [0.25, 0.3) is 0 Å². The van der Waals surface area contributed by atoms with Crippen LogP contribution in [0.5, 0.6) is 0 Å². The molecule has 0 atom stereocenters. The SMILES string of the molecule is CC.CCN=C/C(CC)=C(\C)c1ccccc1C. The minimum atomic E-state index is 0.852. The Hall–Kier alpha value is -1.37. The lowest BCUT2D eigenvalue weighted by molar-refractivity contribution is 1.12. The number of nitrogens with zero attached hydrogens (tertiary/aromatic N) is 1. The second kappa shape index (κ2) is 9.64. The molecule has 0 unspecified atom stereocenters. The molecular weight excluding hydrogens is 218 g/mol. The number of allylic oxidation sites excluding steroid dienone is 2. The van der Waals surface area contributed by atoms with Gasteiger partial charge in [0.05, 0.1) is 0 Å². The number of aliphatic imine (C=N–C) groups is 1. The van der Waals surface area contributed by atoms with Crippen molar-refractivity contribution < 1.29 is 0 Å². The van der Waals surface area contributed by atoms with E-state index < -0.39 is 0 Å². The summed E-state index contributed by atoms with van der Waals surface area (Å²) in [5, 5.41) is 0. The molecule has 1 rings (SSSR count). The smallest absolute Gasteiger partial charge is 0.0361 e. The maximum Gasteiger partial charge on any atom is 0.0361 e. The number of hydrogen-bond donors (Lipinski definition) is 0. The first-order valence-corrected chi connectivity index (χ1v) is 6.96. The third kappa shape index (κ3) is 4.87. The van der Waals surface area contributed by atoms with E-state index in [4.69, 9.17) is 0 Å². The average Bonchev–Trinajstić information content (AvgIpc) is 2.42. The number of benzene rings is 1. The van der Waals surface area contributed by atoms with Gasteiger partial charge in [0.1, 0.15) is 0 Å². The van der Waals surface area contributed by atoms with Crippen molar-refractivity contribution in [3.63, 3.8) is 0 Å². The first kappa shape index (κ1) is 16.6. The monoisotopic (exact) mass is 245 g/mol. The lowest BCUT2D eigenvalue weighted by Crippen LogP contribution is -1.93. The van der Waals surface area contributed by atoms with Crippen LogP contribution in [0.1, 0.15) is 52.2 Å². The van der Waals surface area contributed by atoms with E-state index in [1.165, 1.54) is 22.3 Å². The summed E-state index contributed by atoms with van der Waals surface area (Å²) in [4.78, 5) is 4.34. The van der Waals surface area contributed by atoms with E-state index in [2.05, 4.69) is 57.0 Å². The normalized spacial score (nSPS) is 11.9. The zero-order valence-corrected chi connectivity index (χ0v) is 12.7. The first-order valence-electron chi connectivity index (χ1n) is 6.96. The molecular formula is C17H27N. The van der Waals surface area contributed by atoms with Crippen molar-refractivity contribution in [3.05, 3.63) is 41.0 Å². The van der Waals surface area contributed by atoms with Gasteiger partial charge in [-0.1, -0.05) is 45.0 Å². The molecule has 18 heavy (non-hydrogen) atoms. The predicted octanol–water partition coefficient (Wildman–Crippen LogP) is 5.30. The van der Waals surface area contributed by atoms with Crippen molar-refractivity contribution in [2.45, 2.75) is 48.0 Å². The maximum absolute atomic E-state index is 4.34. The largest absolute Gasteiger partial charge is 0.293 e. The Morgan fingerprint density at radius 3 is 2.28 bits per heavy atom. The van der Waals surface area contributed by atoms with Crippen molar-refractivity contribution in [3.8, 4) is 0 Å². The summed E-state index contributed by atoms with van der Waals surface area (Å²) in [5.74, 6) is 0. The highest BCUT2D eigenvalue weighted by atomic mass is 14.7. The standard InChI is InChI=1S/C15H21N.C2H6/c1-5-14(11-16-6-2)13(4)15-10-8-7-9-12(15)3;1-2/h7-11H,5-6H2,1-4H3;1-2H3/b14-13+,16-11?;. The van der Waals surface area contributed by atoms with Crippen LogP contribution in [-0.4, -0.2) is 12.8 Å². The van der Waals surface area contributed by atoms with Crippen molar-refractivity contribution in [2.24, 2.45) is 4.99 Å². The molecule has 1 aromatic rings. The lowest BCUT2D eigenvalue weighted by atomic mass is 9.97. The van der Waals surface area contributed by atoms with E-state index in [9.17, 15) is 0 Å². The van der Waals surface area contributed by atoms with E-state index in [1.54, 1.807) is 0 Å². The van der Waals surface area contributed by atoms with Gasteiger partial charge < -0.3 is 0 Å². The first-order chi connectivity index (χ1) is 8.70. The second-order valence-corrected chi connectivity index (χ2v) is 3.95. The van der Waals surface area contributed by atoms with E-state index >= 15 is 0 Å². The summed E-state index contributed by atoms with van der Waals surface area (Å²) < 4.78 is 0. The highest BCUT2D eigenvalue weighted by molar-refractivity contribution is 5.90. The molecule has 0 heterocycles. The molecule has 0 aliphatic carbocycles.